The van der Waals surface area contributed by atoms with Gasteiger partial charge in [-0.2, -0.15) is 0 Å². The fraction of sp³-hybridized carbons (Fsp3) is 1.00. The molecule has 3 nitrogen and oxygen atoms in total. The molecule has 0 aliphatic rings. The molecule has 0 aliphatic carbocycles. The van der Waals surface area contributed by atoms with Crippen molar-refractivity contribution in [1.29, 1.82) is 0 Å². The molecule has 0 heterocycles. The normalized spacial score (nSPS) is 11.2. The van der Waals surface area contributed by atoms with Crippen molar-refractivity contribution in [3.8, 4) is 0 Å². The molecule has 24 heavy (non-hydrogen) atoms. The molecule has 0 rings (SSSR count). The van der Waals surface area contributed by atoms with Crippen LogP contribution in [0.1, 0.15) is 92.4 Å². The molecule has 0 fully saturated rings. The Morgan fingerprint density at radius 2 is 1.08 bits per heavy atom. The fourth-order valence-corrected chi connectivity index (χ4v) is 5.23. The molecular weight excluding hydrogens is 314 g/mol. The van der Waals surface area contributed by atoms with Gasteiger partial charge in [0.05, 0.1) is 0 Å². The fourth-order valence-electron chi connectivity index (χ4n) is 2.73. The van der Waals surface area contributed by atoms with Crippen LogP contribution >= 0.6 is 0 Å². The van der Waals surface area contributed by atoms with Crippen molar-refractivity contribution < 1.29 is 8.85 Å². The average Bonchev–Trinajstić information content (AvgIpc) is 2.54. The van der Waals surface area contributed by atoms with Gasteiger partial charge in [-0.3, -0.25) is 0 Å². The maximum Gasteiger partial charge on any atom is 0.334 e. The molecule has 0 aromatic heterocycles. The van der Waals surface area contributed by atoms with Crippen LogP contribution < -0.4 is 5.32 Å². The van der Waals surface area contributed by atoms with Crippen LogP contribution in [-0.2, 0) is 8.85 Å². The maximum absolute atomic E-state index is 5.63. The van der Waals surface area contributed by atoms with Gasteiger partial charge < -0.3 is 14.2 Å². The van der Waals surface area contributed by atoms with E-state index in [-0.39, 0.29) is 0 Å². The molecule has 0 saturated heterocycles. The summed E-state index contributed by atoms with van der Waals surface area (Å²) in [6.45, 7) is 16.9. The van der Waals surface area contributed by atoms with Crippen LogP contribution in [0.3, 0.4) is 0 Å². The minimum Gasteiger partial charge on any atom is -0.395 e. The van der Waals surface area contributed by atoms with Crippen molar-refractivity contribution in [3.05, 3.63) is 0 Å². The van der Waals surface area contributed by atoms with Gasteiger partial charge in [0.15, 0.2) is 0 Å². The van der Waals surface area contributed by atoms with E-state index in [1.165, 1.54) is 64.5 Å². The molecule has 0 saturated carbocycles. The molecule has 0 bridgehead atoms. The summed E-state index contributed by atoms with van der Waals surface area (Å²) in [5.41, 5.74) is 0. The largest absolute Gasteiger partial charge is 0.395 e. The van der Waals surface area contributed by atoms with Gasteiger partial charge in [-0.1, -0.05) is 65.7 Å². The predicted octanol–water partition coefficient (Wildman–Crippen LogP) is 6.28. The Bertz CT molecular complexity index is 201. The van der Waals surface area contributed by atoms with E-state index < -0.39 is 8.56 Å². The van der Waals surface area contributed by atoms with Gasteiger partial charge in [0, 0.05) is 13.2 Å². The first-order chi connectivity index (χ1) is 11.6. The van der Waals surface area contributed by atoms with Gasteiger partial charge in [0.1, 0.15) is 0 Å². The zero-order valence-corrected chi connectivity index (χ0v) is 18.7. The molecule has 148 valence electrons. The molecule has 0 aromatic rings. The number of hydrogen-bond acceptors (Lipinski definition) is 3. The van der Waals surface area contributed by atoms with E-state index in [9.17, 15) is 0 Å². The zero-order valence-electron chi connectivity index (χ0n) is 17.7. The highest BCUT2D eigenvalue weighted by molar-refractivity contribution is 6.66. The van der Waals surface area contributed by atoms with Gasteiger partial charge >= 0.3 is 8.56 Å². The molecule has 0 aromatic carbocycles. The summed E-state index contributed by atoms with van der Waals surface area (Å²) in [5, 5.41) is 3.50. The van der Waals surface area contributed by atoms with Crippen LogP contribution in [0.25, 0.3) is 0 Å². The molecule has 4 heteroatoms. The van der Waals surface area contributed by atoms with Crippen molar-refractivity contribution in [1.82, 2.24) is 5.32 Å². The van der Waals surface area contributed by atoms with E-state index in [1.807, 2.05) is 13.8 Å². The lowest BCUT2D eigenvalue weighted by Gasteiger charge is -2.25. The van der Waals surface area contributed by atoms with Crippen LogP contribution in [0.15, 0.2) is 0 Å². The van der Waals surface area contributed by atoms with Gasteiger partial charge in [-0.05, 0) is 52.4 Å². The highest BCUT2D eigenvalue weighted by atomic mass is 28.4. The van der Waals surface area contributed by atoms with E-state index in [1.54, 1.807) is 0 Å². The van der Waals surface area contributed by atoms with E-state index >= 15 is 0 Å². The molecule has 1 N–H and O–H groups in total. The Labute approximate surface area is 154 Å². The molecule has 0 radical (unpaired) electrons. The summed E-state index contributed by atoms with van der Waals surface area (Å²) in [5.74, 6) is 0. The van der Waals surface area contributed by atoms with Crippen LogP contribution in [-0.4, -0.2) is 34.9 Å². The third-order valence-corrected chi connectivity index (χ3v) is 7.22. The van der Waals surface area contributed by atoms with Gasteiger partial charge in [0.25, 0.3) is 0 Å². The number of unbranched alkanes of at least 4 members (excludes halogenated alkanes) is 6. The highest BCUT2D eigenvalue weighted by Crippen LogP contribution is 2.14. The minimum absolute atomic E-state index is 0.780. The number of nitrogens with one attached hydrogen (secondary N) is 1. The van der Waals surface area contributed by atoms with Crippen molar-refractivity contribution >= 4 is 8.56 Å². The van der Waals surface area contributed by atoms with Crippen molar-refractivity contribution in [2.45, 2.75) is 105 Å². The van der Waals surface area contributed by atoms with Crippen LogP contribution in [0.5, 0.6) is 0 Å². The van der Waals surface area contributed by atoms with E-state index in [2.05, 4.69) is 32.6 Å². The number of rotatable bonds is 16. The third-order valence-electron chi connectivity index (χ3n) is 4.02. The topological polar surface area (TPSA) is 30.5 Å². The molecule has 0 spiro atoms. The average molecular weight is 362 g/mol. The van der Waals surface area contributed by atoms with E-state index in [0.29, 0.717) is 0 Å². The second kappa shape index (κ2) is 21.1. The quantitative estimate of drug-likeness (QED) is 0.259. The first-order valence-electron chi connectivity index (χ1n) is 10.6. The summed E-state index contributed by atoms with van der Waals surface area (Å²) in [7, 11) is -1.75. The van der Waals surface area contributed by atoms with Crippen molar-refractivity contribution in [3.63, 3.8) is 0 Å². The van der Waals surface area contributed by atoms with Crippen LogP contribution in [0.4, 0.5) is 0 Å². The van der Waals surface area contributed by atoms with E-state index in [0.717, 1.165) is 25.7 Å². The van der Waals surface area contributed by atoms with Crippen LogP contribution in [0.2, 0.25) is 12.6 Å². The smallest absolute Gasteiger partial charge is 0.334 e. The lowest BCUT2D eigenvalue weighted by Crippen LogP contribution is -2.38. The summed E-state index contributed by atoms with van der Waals surface area (Å²) >= 11 is 0. The van der Waals surface area contributed by atoms with Gasteiger partial charge in [-0.15, -0.1) is 0 Å². The standard InChI is InChI=1S/C12H27N.C8H20O2Si/c1-3-5-7-9-11-13-12-10-8-6-4-2;1-5-8-11(4,9-6-2)10-7-3/h13H,3-12H2,1-2H3;5-8H2,1-4H3. The second-order valence-corrected chi connectivity index (χ2v) is 9.97. The molecule has 0 atom stereocenters. The Morgan fingerprint density at radius 3 is 1.42 bits per heavy atom. The van der Waals surface area contributed by atoms with Crippen LogP contribution in [0, 0.1) is 0 Å². The molecular formula is C20H47NO2Si. The van der Waals surface area contributed by atoms with Crippen molar-refractivity contribution in [2.75, 3.05) is 26.3 Å². The molecule has 0 amide bonds. The predicted molar refractivity (Wildman–Crippen MR) is 111 cm³/mol. The molecule has 0 unspecified atom stereocenters. The van der Waals surface area contributed by atoms with Gasteiger partial charge in [-0.25, -0.2) is 0 Å². The zero-order chi connectivity index (χ0) is 18.5. The summed E-state index contributed by atoms with van der Waals surface area (Å²) in [6, 6.07) is 1.11. The molecule has 0 aliphatic heterocycles. The van der Waals surface area contributed by atoms with Gasteiger partial charge in [0.2, 0.25) is 0 Å². The Hall–Kier alpha value is 0.0969. The Morgan fingerprint density at radius 1 is 0.625 bits per heavy atom. The second-order valence-electron chi connectivity index (χ2n) is 6.62. The first kappa shape index (κ1) is 26.3. The van der Waals surface area contributed by atoms with E-state index in [4.69, 9.17) is 8.85 Å². The summed E-state index contributed by atoms with van der Waals surface area (Å²) in [6.07, 6.45) is 12.2. The summed E-state index contributed by atoms with van der Waals surface area (Å²) in [4.78, 5) is 0. The monoisotopic (exact) mass is 361 g/mol. The minimum atomic E-state index is -1.75. The lowest BCUT2D eigenvalue weighted by atomic mass is 10.2. The Balaban J connectivity index is 0. The Kier molecular flexibility index (Phi) is 23.2. The summed E-state index contributed by atoms with van der Waals surface area (Å²) < 4.78 is 11.3. The maximum atomic E-state index is 5.63. The SMILES string of the molecule is CCCCCCNCCCCCC.CCC[Si](C)(OCC)OCC. The highest BCUT2D eigenvalue weighted by Gasteiger charge is 2.28. The number of hydrogen-bond donors (Lipinski definition) is 1. The third kappa shape index (κ3) is 20.1. The van der Waals surface area contributed by atoms with Crippen molar-refractivity contribution in [2.24, 2.45) is 0 Å². The lowest BCUT2D eigenvalue weighted by molar-refractivity contribution is 0.189. The first-order valence-corrected chi connectivity index (χ1v) is 13.1.